The fraction of sp³-hybridized carbons (Fsp3) is 0.556. The number of fused-ring (bicyclic) bond motifs is 1. The highest BCUT2D eigenvalue weighted by Gasteiger charge is 2.24. The van der Waals surface area contributed by atoms with Gasteiger partial charge in [-0.1, -0.05) is 6.92 Å². The van der Waals surface area contributed by atoms with Crippen LogP contribution >= 0.6 is 0 Å². The molecular formula is C18H26N2O5. The van der Waals surface area contributed by atoms with Crippen LogP contribution < -0.4 is 9.47 Å². The minimum absolute atomic E-state index is 0.0462. The smallest absolute Gasteiger partial charge is 0.317 e. The molecule has 0 aromatic heterocycles. The van der Waals surface area contributed by atoms with Crippen molar-refractivity contribution in [3.8, 4) is 11.5 Å². The molecule has 0 atom stereocenters. The molecule has 1 aromatic carbocycles. The first-order chi connectivity index (χ1) is 12.0. The number of aliphatic carboxylic acids is 1. The van der Waals surface area contributed by atoms with Gasteiger partial charge < -0.3 is 19.5 Å². The molecule has 0 saturated heterocycles. The van der Waals surface area contributed by atoms with Crippen molar-refractivity contribution in [2.24, 2.45) is 0 Å². The normalized spacial score (nSPS) is 13.5. The van der Waals surface area contributed by atoms with Crippen LogP contribution in [0.15, 0.2) is 12.1 Å². The Balaban J connectivity index is 2.08. The van der Waals surface area contributed by atoms with Gasteiger partial charge in [0.1, 0.15) is 0 Å². The summed E-state index contributed by atoms with van der Waals surface area (Å²) in [5.74, 6) is 0.378. The van der Waals surface area contributed by atoms with E-state index in [4.69, 9.17) is 14.6 Å². The van der Waals surface area contributed by atoms with Crippen LogP contribution in [0.25, 0.3) is 0 Å². The van der Waals surface area contributed by atoms with Gasteiger partial charge in [-0.3, -0.25) is 14.5 Å². The molecule has 1 aliphatic heterocycles. The second-order valence-electron chi connectivity index (χ2n) is 6.15. The molecule has 0 bridgehead atoms. The number of carbonyl (C=O) groups is 2. The predicted molar refractivity (Wildman–Crippen MR) is 93.0 cm³/mol. The van der Waals surface area contributed by atoms with Crippen molar-refractivity contribution in [2.45, 2.75) is 26.3 Å². The zero-order chi connectivity index (χ0) is 18.4. The molecule has 7 nitrogen and oxygen atoms in total. The average Bonchev–Trinajstić information content (AvgIpc) is 2.59. The summed E-state index contributed by atoms with van der Waals surface area (Å²) in [5.41, 5.74) is 2.19. The summed E-state index contributed by atoms with van der Waals surface area (Å²) in [6, 6.07) is 3.87. The van der Waals surface area contributed by atoms with E-state index in [-0.39, 0.29) is 19.0 Å². The third-order valence-electron chi connectivity index (χ3n) is 4.33. The van der Waals surface area contributed by atoms with Crippen molar-refractivity contribution in [3.63, 3.8) is 0 Å². The number of hydrogen-bond donors (Lipinski definition) is 1. The van der Waals surface area contributed by atoms with E-state index in [0.717, 1.165) is 24.0 Å². The van der Waals surface area contributed by atoms with Crippen LogP contribution in [0.3, 0.4) is 0 Å². The number of carbonyl (C=O) groups excluding carboxylic acids is 1. The maximum Gasteiger partial charge on any atom is 0.317 e. The quantitative estimate of drug-likeness (QED) is 0.763. The summed E-state index contributed by atoms with van der Waals surface area (Å²) < 4.78 is 10.7. The fourth-order valence-corrected chi connectivity index (χ4v) is 3.11. The highest BCUT2D eigenvalue weighted by Crippen LogP contribution is 2.33. The molecular weight excluding hydrogens is 324 g/mol. The van der Waals surface area contributed by atoms with Crippen molar-refractivity contribution in [1.82, 2.24) is 9.80 Å². The van der Waals surface area contributed by atoms with Crippen LogP contribution in [0.5, 0.6) is 11.5 Å². The zero-order valence-corrected chi connectivity index (χ0v) is 15.1. The van der Waals surface area contributed by atoms with Crippen LogP contribution in [0.2, 0.25) is 0 Å². The van der Waals surface area contributed by atoms with Gasteiger partial charge in [0.2, 0.25) is 5.91 Å². The molecule has 0 spiro atoms. The summed E-state index contributed by atoms with van der Waals surface area (Å²) in [6.45, 7) is 3.69. The number of carboxylic acids is 1. The number of benzene rings is 1. The topological polar surface area (TPSA) is 79.3 Å². The molecule has 0 fully saturated rings. The Morgan fingerprint density at radius 1 is 1.16 bits per heavy atom. The van der Waals surface area contributed by atoms with Gasteiger partial charge in [0.15, 0.2) is 11.5 Å². The molecule has 1 aliphatic rings. The van der Waals surface area contributed by atoms with Gasteiger partial charge in [-0.05, 0) is 42.6 Å². The van der Waals surface area contributed by atoms with Crippen LogP contribution in [0.4, 0.5) is 0 Å². The molecule has 1 heterocycles. The Kier molecular flexibility index (Phi) is 6.64. The van der Waals surface area contributed by atoms with E-state index in [2.05, 4.69) is 0 Å². The molecule has 0 unspecified atom stereocenters. The molecule has 2 rings (SSSR count). The van der Waals surface area contributed by atoms with Gasteiger partial charge in [-0.15, -0.1) is 0 Å². The first kappa shape index (κ1) is 19.1. The maximum atomic E-state index is 12.6. The first-order valence-corrected chi connectivity index (χ1v) is 8.44. The molecule has 0 radical (unpaired) electrons. The van der Waals surface area contributed by atoms with E-state index in [9.17, 15) is 9.59 Å². The highest BCUT2D eigenvalue weighted by molar-refractivity contribution is 5.79. The Morgan fingerprint density at radius 3 is 2.36 bits per heavy atom. The van der Waals surface area contributed by atoms with Crippen molar-refractivity contribution in [1.29, 1.82) is 0 Å². The summed E-state index contributed by atoms with van der Waals surface area (Å²) in [7, 11) is 3.19. The molecule has 1 N–H and O–H groups in total. The van der Waals surface area contributed by atoms with Crippen molar-refractivity contribution >= 4 is 11.9 Å². The number of rotatable bonds is 8. The third-order valence-corrected chi connectivity index (χ3v) is 4.33. The van der Waals surface area contributed by atoms with E-state index in [0.29, 0.717) is 31.1 Å². The van der Waals surface area contributed by atoms with Crippen molar-refractivity contribution < 1.29 is 24.2 Å². The Labute approximate surface area is 148 Å². The Hall–Kier alpha value is -2.28. The monoisotopic (exact) mass is 350 g/mol. The number of methoxy groups -OCH3 is 2. The number of hydrogen-bond acceptors (Lipinski definition) is 5. The number of nitrogens with zero attached hydrogens (tertiary/aromatic N) is 2. The highest BCUT2D eigenvalue weighted by atomic mass is 16.5. The lowest BCUT2D eigenvalue weighted by Crippen LogP contribution is -2.44. The largest absolute Gasteiger partial charge is 0.493 e. The van der Waals surface area contributed by atoms with Crippen molar-refractivity contribution in [3.05, 3.63) is 23.3 Å². The molecule has 0 saturated carbocycles. The summed E-state index contributed by atoms with van der Waals surface area (Å²) in [4.78, 5) is 27.0. The lowest BCUT2D eigenvalue weighted by atomic mass is 9.98. The van der Waals surface area contributed by atoms with Crippen molar-refractivity contribution in [2.75, 3.05) is 40.4 Å². The summed E-state index contributed by atoms with van der Waals surface area (Å²) in [6.07, 6.45) is 1.55. The van der Waals surface area contributed by atoms with E-state index in [1.165, 1.54) is 0 Å². The van der Waals surface area contributed by atoms with Gasteiger partial charge in [-0.2, -0.15) is 0 Å². The standard InChI is InChI=1S/C18H26N2O5/c1-4-6-19(12-18(22)23)11-17(21)20-7-5-13-8-15(24-2)16(25-3)9-14(13)10-20/h8-9H,4-7,10-12H2,1-3H3,(H,22,23). The average molecular weight is 350 g/mol. The van der Waals surface area contributed by atoms with E-state index >= 15 is 0 Å². The molecule has 7 heteroatoms. The van der Waals surface area contributed by atoms with Crippen LogP contribution in [-0.2, 0) is 22.6 Å². The Morgan fingerprint density at radius 2 is 1.80 bits per heavy atom. The van der Waals surface area contributed by atoms with Gasteiger partial charge in [0, 0.05) is 13.1 Å². The van der Waals surface area contributed by atoms with E-state index in [1.807, 2.05) is 19.1 Å². The van der Waals surface area contributed by atoms with Crippen LogP contribution in [0, 0.1) is 0 Å². The summed E-state index contributed by atoms with van der Waals surface area (Å²) in [5, 5.41) is 8.98. The molecule has 0 aliphatic carbocycles. The van der Waals surface area contributed by atoms with Gasteiger partial charge in [-0.25, -0.2) is 0 Å². The lowest BCUT2D eigenvalue weighted by Gasteiger charge is -2.31. The first-order valence-electron chi connectivity index (χ1n) is 8.44. The molecule has 25 heavy (non-hydrogen) atoms. The number of amides is 1. The van der Waals surface area contributed by atoms with Gasteiger partial charge >= 0.3 is 5.97 Å². The van der Waals surface area contributed by atoms with E-state index in [1.54, 1.807) is 24.0 Å². The lowest BCUT2D eigenvalue weighted by molar-refractivity contribution is -0.140. The third kappa shape index (κ3) is 4.85. The Bertz CT molecular complexity index is 632. The SMILES string of the molecule is CCCN(CC(=O)O)CC(=O)N1CCc2cc(OC)c(OC)cc2C1. The van der Waals surface area contributed by atoms with Crippen LogP contribution in [0.1, 0.15) is 24.5 Å². The second-order valence-corrected chi connectivity index (χ2v) is 6.15. The minimum Gasteiger partial charge on any atom is -0.493 e. The molecule has 138 valence electrons. The second kappa shape index (κ2) is 8.71. The molecule has 1 aromatic rings. The number of carboxylic acid groups (broad SMARTS) is 1. The maximum absolute atomic E-state index is 12.6. The fourth-order valence-electron chi connectivity index (χ4n) is 3.11. The van der Waals surface area contributed by atoms with Gasteiger partial charge in [0.05, 0.1) is 27.3 Å². The summed E-state index contributed by atoms with van der Waals surface area (Å²) >= 11 is 0. The zero-order valence-electron chi connectivity index (χ0n) is 15.1. The minimum atomic E-state index is -0.915. The molecule has 1 amide bonds. The van der Waals surface area contributed by atoms with Crippen LogP contribution in [-0.4, -0.2) is 67.2 Å². The van der Waals surface area contributed by atoms with E-state index < -0.39 is 5.97 Å². The number of ether oxygens (including phenoxy) is 2. The predicted octanol–water partition coefficient (Wildman–Crippen LogP) is 1.39. The van der Waals surface area contributed by atoms with Gasteiger partial charge in [0.25, 0.3) is 0 Å².